The van der Waals surface area contributed by atoms with Crippen molar-refractivity contribution >= 4 is 0 Å². The van der Waals surface area contributed by atoms with Crippen LogP contribution in [0, 0.1) is 0 Å². The predicted octanol–water partition coefficient (Wildman–Crippen LogP) is 2.74. The van der Waals surface area contributed by atoms with Gasteiger partial charge in [-0.15, -0.1) is 0 Å². The normalized spacial score (nSPS) is 11.8. The molecule has 0 unspecified atom stereocenters. The van der Waals surface area contributed by atoms with Crippen LogP contribution in [0.3, 0.4) is 0 Å². The first-order chi connectivity index (χ1) is 8.57. The van der Waals surface area contributed by atoms with Gasteiger partial charge in [-0.3, -0.25) is 0 Å². The van der Waals surface area contributed by atoms with E-state index in [4.69, 9.17) is 9.47 Å². The van der Waals surface area contributed by atoms with Gasteiger partial charge in [0, 0.05) is 20.3 Å². The lowest BCUT2D eigenvalue weighted by Gasteiger charge is -2.22. The van der Waals surface area contributed by atoms with Crippen molar-refractivity contribution < 1.29 is 9.47 Å². The van der Waals surface area contributed by atoms with Crippen molar-refractivity contribution in [3.8, 4) is 0 Å². The summed E-state index contributed by atoms with van der Waals surface area (Å²) in [5.41, 5.74) is 2.41. The van der Waals surface area contributed by atoms with Crippen LogP contribution >= 0.6 is 0 Å². The SMILES string of the molecule is CNCc1ccc(COCCC(C)(C)OC)cc1. The van der Waals surface area contributed by atoms with Gasteiger partial charge in [0.1, 0.15) is 0 Å². The molecule has 0 fully saturated rings. The molecule has 102 valence electrons. The monoisotopic (exact) mass is 251 g/mol. The van der Waals surface area contributed by atoms with E-state index in [0.717, 1.165) is 19.6 Å². The average molecular weight is 251 g/mol. The van der Waals surface area contributed by atoms with Crippen molar-refractivity contribution in [2.45, 2.75) is 39.0 Å². The van der Waals surface area contributed by atoms with Gasteiger partial charge < -0.3 is 14.8 Å². The standard InChI is InChI=1S/C15H25NO2/c1-15(2,17-4)9-10-18-12-14-7-5-13(6-8-14)11-16-3/h5-8,16H,9-12H2,1-4H3. The lowest BCUT2D eigenvalue weighted by atomic mass is 10.1. The number of nitrogens with one attached hydrogen (secondary N) is 1. The van der Waals surface area contributed by atoms with Gasteiger partial charge in [-0.25, -0.2) is 0 Å². The first kappa shape index (κ1) is 15.2. The largest absolute Gasteiger partial charge is 0.379 e. The quantitative estimate of drug-likeness (QED) is 0.721. The van der Waals surface area contributed by atoms with Crippen LogP contribution in [-0.2, 0) is 22.6 Å². The van der Waals surface area contributed by atoms with Gasteiger partial charge in [-0.05, 0) is 38.4 Å². The van der Waals surface area contributed by atoms with Gasteiger partial charge >= 0.3 is 0 Å². The van der Waals surface area contributed by atoms with Gasteiger partial charge in [0.05, 0.1) is 12.2 Å². The van der Waals surface area contributed by atoms with E-state index in [1.807, 2.05) is 7.05 Å². The fourth-order valence-electron chi connectivity index (χ4n) is 1.57. The Kier molecular flexibility index (Phi) is 6.33. The first-order valence-electron chi connectivity index (χ1n) is 6.43. The smallest absolute Gasteiger partial charge is 0.0716 e. The zero-order valence-corrected chi connectivity index (χ0v) is 12.0. The van der Waals surface area contributed by atoms with Crippen molar-refractivity contribution in [1.29, 1.82) is 0 Å². The Labute approximate surface area is 110 Å². The predicted molar refractivity (Wildman–Crippen MR) is 74.6 cm³/mol. The van der Waals surface area contributed by atoms with Crippen LogP contribution in [0.4, 0.5) is 0 Å². The second-order valence-electron chi connectivity index (χ2n) is 5.11. The van der Waals surface area contributed by atoms with Crippen molar-refractivity contribution in [2.24, 2.45) is 0 Å². The van der Waals surface area contributed by atoms with Crippen LogP contribution in [0.5, 0.6) is 0 Å². The number of methoxy groups -OCH3 is 1. The molecule has 0 amide bonds. The van der Waals surface area contributed by atoms with Crippen molar-refractivity contribution in [2.75, 3.05) is 20.8 Å². The zero-order chi connectivity index (χ0) is 13.4. The fraction of sp³-hybridized carbons (Fsp3) is 0.600. The molecule has 0 aliphatic heterocycles. The summed E-state index contributed by atoms with van der Waals surface area (Å²) in [6.45, 7) is 6.44. The van der Waals surface area contributed by atoms with Gasteiger partial charge in [0.2, 0.25) is 0 Å². The summed E-state index contributed by atoms with van der Waals surface area (Å²) >= 11 is 0. The third-order valence-electron chi connectivity index (χ3n) is 3.07. The summed E-state index contributed by atoms with van der Waals surface area (Å²) in [7, 11) is 3.69. The van der Waals surface area contributed by atoms with Crippen LogP contribution in [0.1, 0.15) is 31.4 Å². The minimum atomic E-state index is -0.101. The highest BCUT2D eigenvalue weighted by Crippen LogP contribution is 2.13. The van der Waals surface area contributed by atoms with E-state index in [-0.39, 0.29) is 5.60 Å². The Morgan fingerprint density at radius 2 is 1.72 bits per heavy atom. The van der Waals surface area contributed by atoms with E-state index in [9.17, 15) is 0 Å². The fourth-order valence-corrected chi connectivity index (χ4v) is 1.57. The van der Waals surface area contributed by atoms with Crippen LogP contribution in [0.2, 0.25) is 0 Å². The molecule has 3 nitrogen and oxygen atoms in total. The highest BCUT2D eigenvalue weighted by molar-refractivity contribution is 5.21. The zero-order valence-electron chi connectivity index (χ0n) is 12.0. The van der Waals surface area contributed by atoms with E-state index in [1.54, 1.807) is 7.11 Å². The van der Waals surface area contributed by atoms with E-state index < -0.39 is 0 Å². The maximum atomic E-state index is 5.66. The number of ether oxygens (including phenoxy) is 2. The maximum absolute atomic E-state index is 5.66. The summed E-state index contributed by atoms with van der Waals surface area (Å²) < 4.78 is 11.0. The van der Waals surface area contributed by atoms with Crippen molar-refractivity contribution in [1.82, 2.24) is 5.32 Å². The minimum absolute atomic E-state index is 0.101. The number of hydrogen-bond donors (Lipinski definition) is 1. The molecule has 0 aliphatic rings. The molecule has 1 rings (SSSR count). The summed E-state index contributed by atoms with van der Waals surface area (Å²) in [6.07, 6.45) is 0.904. The molecule has 0 saturated heterocycles. The molecule has 0 saturated carbocycles. The van der Waals surface area contributed by atoms with E-state index in [0.29, 0.717) is 6.61 Å². The summed E-state index contributed by atoms with van der Waals surface area (Å²) in [5, 5.41) is 3.13. The van der Waals surface area contributed by atoms with Gasteiger partial charge in [-0.1, -0.05) is 24.3 Å². The van der Waals surface area contributed by atoms with Gasteiger partial charge in [0.25, 0.3) is 0 Å². The molecule has 0 aromatic heterocycles. The van der Waals surface area contributed by atoms with Gasteiger partial charge in [0.15, 0.2) is 0 Å². The molecule has 0 aliphatic carbocycles. The van der Waals surface area contributed by atoms with Gasteiger partial charge in [-0.2, -0.15) is 0 Å². The first-order valence-corrected chi connectivity index (χ1v) is 6.43. The molecule has 1 aromatic rings. The molecule has 18 heavy (non-hydrogen) atoms. The second kappa shape index (κ2) is 7.52. The van der Waals surface area contributed by atoms with Crippen LogP contribution in [0.25, 0.3) is 0 Å². The molecule has 0 spiro atoms. The topological polar surface area (TPSA) is 30.5 Å². The number of rotatable bonds is 8. The Bertz CT molecular complexity index is 333. The van der Waals surface area contributed by atoms with E-state index in [2.05, 4.69) is 43.4 Å². The summed E-state index contributed by atoms with van der Waals surface area (Å²) in [6, 6.07) is 8.50. The summed E-state index contributed by atoms with van der Waals surface area (Å²) in [5.74, 6) is 0. The van der Waals surface area contributed by atoms with Crippen molar-refractivity contribution in [3.05, 3.63) is 35.4 Å². The maximum Gasteiger partial charge on any atom is 0.0716 e. The van der Waals surface area contributed by atoms with Crippen LogP contribution in [-0.4, -0.2) is 26.4 Å². The third-order valence-corrected chi connectivity index (χ3v) is 3.07. The Morgan fingerprint density at radius 3 is 2.28 bits per heavy atom. The van der Waals surface area contributed by atoms with Crippen molar-refractivity contribution in [3.63, 3.8) is 0 Å². The lowest BCUT2D eigenvalue weighted by Crippen LogP contribution is -2.24. The summed E-state index contributed by atoms with van der Waals surface area (Å²) in [4.78, 5) is 0. The highest BCUT2D eigenvalue weighted by Gasteiger charge is 2.15. The molecule has 1 aromatic carbocycles. The molecule has 0 radical (unpaired) electrons. The Hall–Kier alpha value is -0.900. The molecule has 1 N–H and O–H groups in total. The van der Waals surface area contributed by atoms with E-state index >= 15 is 0 Å². The molecular formula is C15H25NO2. The Balaban J connectivity index is 2.27. The molecule has 3 heteroatoms. The Morgan fingerprint density at radius 1 is 1.11 bits per heavy atom. The molecule has 0 heterocycles. The average Bonchev–Trinajstić information content (AvgIpc) is 2.37. The molecular weight excluding hydrogens is 226 g/mol. The number of benzene rings is 1. The molecule has 0 bridgehead atoms. The minimum Gasteiger partial charge on any atom is -0.379 e. The van der Waals surface area contributed by atoms with E-state index in [1.165, 1.54) is 11.1 Å². The molecule has 0 atom stereocenters. The van der Waals surface area contributed by atoms with Crippen LogP contribution < -0.4 is 5.32 Å². The third kappa shape index (κ3) is 5.63. The lowest BCUT2D eigenvalue weighted by molar-refractivity contribution is -0.0124. The number of hydrogen-bond acceptors (Lipinski definition) is 3. The highest BCUT2D eigenvalue weighted by atomic mass is 16.5. The van der Waals surface area contributed by atoms with Crippen LogP contribution in [0.15, 0.2) is 24.3 Å². The second-order valence-corrected chi connectivity index (χ2v) is 5.11.